The largest absolute Gasteiger partial charge is 0.417 e. The monoisotopic (exact) mass is 399 g/mol. The van der Waals surface area contributed by atoms with Crippen molar-refractivity contribution in [2.45, 2.75) is 19.0 Å². The summed E-state index contributed by atoms with van der Waals surface area (Å²) >= 11 is 1.00. The van der Waals surface area contributed by atoms with Crippen molar-refractivity contribution in [3.8, 4) is 0 Å². The van der Waals surface area contributed by atoms with E-state index in [1.807, 2.05) is 4.90 Å². The number of anilines is 2. The van der Waals surface area contributed by atoms with Crippen LogP contribution < -0.4 is 16.0 Å². The highest BCUT2D eigenvalue weighted by molar-refractivity contribution is 7.17. The third kappa shape index (κ3) is 4.54. The first-order valence-electron chi connectivity index (χ1n) is 8.08. The maximum Gasteiger partial charge on any atom is 0.417 e. The number of hydrogen-bond donors (Lipinski definition) is 2. The molecule has 3 N–H and O–H groups in total. The molecule has 2 aromatic heterocycles. The fourth-order valence-electron chi connectivity index (χ4n) is 2.76. The molecule has 7 nitrogen and oxygen atoms in total. The number of rotatable bonds is 4. The molecular weight excluding hydrogens is 383 g/mol. The Bertz CT molecular complexity index is 829. The van der Waals surface area contributed by atoms with Gasteiger partial charge in [-0.3, -0.25) is 9.59 Å². The maximum absolute atomic E-state index is 12.6. The summed E-state index contributed by atoms with van der Waals surface area (Å²) in [6, 6.07) is 2.34. The Labute approximate surface area is 156 Å². The molecule has 0 bridgehead atoms. The van der Waals surface area contributed by atoms with Crippen LogP contribution in [0.3, 0.4) is 0 Å². The van der Waals surface area contributed by atoms with Crippen molar-refractivity contribution < 1.29 is 22.8 Å². The van der Waals surface area contributed by atoms with E-state index in [0.29, 0.717) is 36.9 Å². The van der Waals surface area contributed by atoms with Gasteiger partial charge in [0.15, 0.2) is 5.13 Å². The number of aromatic nitrogens is 2. The fourth-order valence-corrected chi connectivity index (χ4v) is 3.44. The average molecular weight is 399 g/mol. The molecule has 144 valence electrons. The maximum atomic E-state index is 12.6. The Balaban J connectivity index is 1.55. The zero-order chi connectivity index (χ0) is 19.6. The molecule has 27 heavy (non-hydrogen) atoms. The van der Waals surface area contributed by atoms with Crippen molar-refractivity contribution in [2.24, 2.45) is 11.7 Å². The molecule has 1 aliphatic heterocycles. The van der Waals surface area contributed by atoms with Gasteiger partial charge in [-0.1, -0.05) is 11.3 Å². The van der Waals surface area contributed by atoms with Crippen LogP contribution in [0.4, 0.5) is 24.1 Å². The highest BCUT2D eigenvalue weighted by atomic mass is 32.1. The molecule has 0 unspecified atom stereocenters. The van der Waals surface area contributed by atoms with Crippen molar-refractivity contribution in [2.75, 3.05) is 23.3 Å². The Morgan fingerprint density at radius 1 is 1.19 bits per heavy atom. The van der Waals surface area contributed by atoms with E-state index in [1.54, 1.807) is 0 Å². The molecule has 0 spiro atoms. The van der Waals surface area contributed by atoms with Gasteiger partial charge in [0.05, 0.1) is 11.8 Å². The third-order valence-corrected chi connectivity index (χ3v) is 5.17. The number of halogens is 3. The lowest BCUT2D eigenvalue weighted by Crippen LogP contribution is -2.38. The van der Waals surface area contributed by atoms with Gasteiger partial charge in [-0.15, -0.1) is 0 Å². The molecule has 0 radical (unpaired) electrons. The molecular formula is C16H16F3N5O2S. The van der Waals surface area contributed by atoms with Gasteiger partial charge in [0.1, 0.15) is 10.7 Å². The number of carbonyl (C=O) groups excluding carboxylic acids is 2. The van der Waals surface area contributed by atoms with Crippen LogP contribution in [0.1, 0.15) is 28.1 Å². The lowest BCUT2D eigenvalue weighted by molar-refractivity contribution is -0.137. The van der Waals surface area contributed by atoms with E-state index in [-0.39, 0.29) is 16.7 Å². The summed E-state index contributed by atoms with van der Waals surface area (Å²) in [5.41, 5.74) is 4.36. The van der Waals surface area contributed by atoms with Gasteiger partial charge in [0.2, 0.25) is 5.91 Å². The number of primary amides is 1. The Morgan fingerprint density at radius 2 is 1.89 bits per heavy atom. The number of nitrogens with zero attached hydrogens (tertiary/aromatic N) is 3. The average Bonchev–Trinajstić information content (AvgIpc) is 3.10. The van der Waals surface area contributed by atoms with Gasteiger partial charge >= 0.3 is 6.18 Å². The summed E-state index contributed by atoms with van der Waals surface area (Å²) in [6.07, 6.45) is -1.24. The number of pyridine rings is 1. The van der Waals surface area contributed by atoms with E-state index in [2.05, 4.69) is 15.3 Å². The van der Waals surface area contributed by atoms with Crippen molar-refractivity contribution in [3.63, 3.8) is 0 Å². The molecule has 1 aliphatic rings. The molecule has 11 heteroatoms. The van der Waals surface area contributed by atoms with Crippen LogP contribution in [0.5, 0.6) is 0 Å². The second-order valence-corrected chi connectivity index (χ2v) is 7.08. The lowest BCUT2D eigenvalue weighted by Gasteiger charge is -2.32. The zero-order valence-electron chi connectivity index (χ0n) is 14.0. The first-order valence-corrected chi connectivity index (χ1v) is 8.90. The van der Waals surface area contributed by atoms with E-state index in [9.17, 15) is 22.8 Å². The minimum Gasteiger partial charge on any atom is -0.365 e. The van der Waals surface area contributed by atoms with Crippen molar-refractivity contribution in [1.29, 1.82) is 0 Å². The molecule has 3 heterocycles. The number of hydrogen-bond acceptors (Lipinski definition) is 6. The highest BCUT2D eigenvalue weighted by Gasteiger charge is 2.31. The predicted molar refractivity (Wildman–Crippen MR) is 93.4 cm³/mol. The zero-order valence-corrected chi connectivity index (χ0v) is 14.8. The molecule has 0 saturated carbocycles. The third-order valence-electron chi connectivity index (χ3n) is 4.24. The van der Waals surface area contributed by atoms with Gasteiger partial charge in [-0.05, 0) is 25.0 Å². The Morgan fingerprint density at radius 3 is 2.41 bits per heavy atom. The first kappa shape index (κ1) is 19.1. The minimum absolute atomic E-state index is 0.208. The number of nitrogens with one attached hydrogen (secondary N) is 1. The van der Waals surface area contributed by atoms with Crippen LogP contribution >= 0.6 is 11.3 Å². The Hall–Kier alpha value is -2.69. The van der Waals surface area contributed by atoms with E-state index >= 15 is 0 Å². The number of alkyl halides is 3. The predicted octanol–water partition coefficient (Wildman–Crippen LogP) is 2.51. The van der Waals surface area contributed by atoms with Crippen molar-refractivity contribution in [3.05, 3.63) is 35.0 Å². The number of nitrogens with two attached hydrogens (primary N) is 1. The second-order valence-electron chi connectivity index (χ2n) is 6.05. The second kappa shape index (κ2) is 7.51. The molecule has 3 rings (SSSR count). The molecule has 0 atom stereocenters. The van der Waals surface area contributed by atoms with E-state index in [1.165, 1.54) is 12.3 Å². The van der Waals surface area contributed by atoms with Gasteiger partial charge in [0.25, 0.3) is 5.91 Å². The van der Waals surface area contributed by atoms with Crippen molar-refractivity contribution >= 4 is 34.1 Å². The summed E-state index contributed by atoms with van der Waals surface area (Å²) in [4.78, 5) is 33.3. The van der Waals surface area contributed by atoms with E-state index in [0.717, 1.165) is 23.6 Å². The van der Waals surface area contributed by atoms with Crippen molar-refractivity contribution in [1.82, 2.24) is 9.97 Å². The lowest BCUT2D eigenvalue weighted by atomic mass is 9.96. The minimum atomic E-state index is -4.42. The fraction of sp³-hybridized carbons (Fsp3) is 0.375. The summed E-state index contributed by atoms with van der Waals surface area (Å²) < 4.78 is 37.8. The summed E-state index contributed by atoms with van der Waals surface area (Å²) in [7, 11) is 0. The molecule has 0 aromatic carbocycles. The van der Waals surface area contributed by atoms with Crippen LogP contribution in [0.15, 0.2) is 24.5 Å². The standard InChI is InChI=1S/C16H16F3N5O2S/c17-16(18,19)10-1-2-12(21-7-10)24-5-3-9(4-6-24)14(26)23-15-22-8-11(27-15)13(20)25/h1-2,7-9H,3-6H2,(H2,20,25)(H,22,23,26). The van der Waals surface area contributed by atoms with Gasteiger partial charge in [-0.2, -0.15) is 13.2 Å². The molecule has 1 fully saturated rings. The van der Waals surface area contributed by atoms with Crippen LogP contribution in [0, 0.1) is 5.92 Å². The smallest absolute Gasteiger partial charge is 0.365 e. The van der Waals surface area contributed by atoms with Crippen LogP contribution in [-0.2, 0) is 11.0 Å². The number of amides is 2. The molecule has 0 aliphatic carbocycles. The van der Waals surface area contributed by atoms with Crippen LogP contribution in [-0.4, -0.2) is 34.9 Å². The van der Waals surface area contributed by atoms with E-state index in [4.69, 9.17) is 5.73 Å². The van der Waals surface area contributed by atoms with Gasteiger partial charge in [0, 0.05) is 25.2 Å². The van der Waals surface area contributed by atoms with Crippen LogP contribution in [0.2, 0.25) is 0 Å². The summed E-state index contributed by atoms with van der Waals surface area (Å²) in [5, 5.41) is 2.97. The first-order chi connectivity index (χ1) is 12.7. The van der Waals surface area contributed by atoms with Gasteiger partial charge in [-0.25, -0.2) is 9.97 Å². The number of piperidine rings is 1. The van der Waals surface area contributed by atoms with Crippen LogP contribution in [0.25, 0.3) is 0 Å². The van der Waals surface area contributed by atoms with Gasteiger partial charge < -0.3 is 16.0 Å². The SMILES string of the molecule is NC(=O)c1cnc(NC(=O)C2CCN(c3ccc(C(F)(F)F)cn3)CC2)s1. The summed E-state index contributed by atoms with van der Waals surface area (Å²) in [5.74, 6) is -0.616. The number of carbonyl (C=O) groups is 2. The quantitative estimate of drug-likeness (QED) is 0.823. The topological polar surface area (TPSA) is 101 Å². The molecule has 2 aromatic rings. The highest BCUT2D eigenvalue weighted by Crippen LogP contribution is 2.30. The normalized spacial score (nSPS) is 15.6. The molecule has 2 amide bonds. The molecule has 1 saturated heterocycles. The van der Waals surface area contributed by atoms with E-state index < -0.39 is 17.6 Å². The number of thiazole rings is 1. The Kier molecular flexibility index (Phi) is 5.31. The summed E-state index contributed by atoms with van der Waals surface area (Å²) in [6.45, 7) is 1.00.